The molecule has 0 saturated carbocycles. The van der Waals surface area contributed by atoms with Crippen molar-refractivity contribution in [3.63, 3.8) is 0 Å². The Morgan fingerprint density at radius 2 is 1.96 bits per heavy atom. The summed E-state index contributed by atoms with van der Waals surface area (Å²) >= 11 is 0. The second-order valence-corrected chi connectivity index (χ2v) is 6.01. The highest BCUT2D eigenvalue weighted by Crippen LogP contribution is 2.25. The molecule has 1 saturated heterocycles. The van der Waals surface area contributed by atoms with Gasteiger partial charge in [0.1, 0.15) is 0 Å². The van der Waals surface area contributed by atoms with Gasteiger partial charge in [-0.05, 0) is 49.8 Å². The molecule has 0 bridgehead atoms. The molecule has 0 radical (unpaired) electrons. The first-order valence-corrected chi connectivity index (χ1v) is 8.18. The number of piperidine rings is 1. The van der Waals surface area contributed by atoms with Gasteiger partial charge in [0.15, 0.2) is 11.5 Å². The highest BCUT2D eigenvalue weighted by atomic mass is 16.1. The van der Waals surface area contributed by atoms with Gasteiger partial charge in [0.05, 0.1) is 0 Å². The number of aryl methyl sites for hydroxylation is 1. The summed E-state index contributed by atoms with van der Waals surface area (Å²) in [7, 11) is 0. The third kappa shape index (κ3) is 3.86. The van der Waals surface area contributed by atoms with Crippen LogP contribution in [0.2, 0.25) is 0 Å². The highest BCUT2D eigenvalue weighted by molar-refractivity contribution is 5.90. The van der Waals surface area contributed by atoms with E-state index >= 15 is 0 Å². The fraction of sp³-hybridized carbons (Fsp3) is 0.389. The van der Waals surface area contributed by atoms with E-state index in [2.05, 4.69) is 39.4 Å². The topological polar surface area (TPSA) is 72.1 Å². The molecule has 0 aliphatic carbocycles. The molecule has 0 spiro atoms. The normalized spacial score (nSPS) is 17.9. The number of nitrogens with two attached hydrogens (primary N) is 1. The Morgan fingerprint density at radius 3 is 2.65 bits per heavy atom. The first kappa shape index (κ1) is 15.5. The number of hydrogen-bond donors (Lipinski definition) is 1. The van der Waals surface area contributed by atoms with Crippen molar-refractivity contribution >= 4 is 11.7 Å². The van der Waals surface area contributed by atoms with Gasteiger partial charge in [-0.25, -0.2) is 0 Å². The number of carbonyl (C=O) groups excluding carboxylic acids is 1. The fourth-order valence-electron chi connectivity index (χ4n) is 3.19. The van der Waals surface area contributed by atoms with Crippen LogP contribution >= 0.6 is 0 Å². The second-order valence-electron chi connectivity index (χ2n) is 6.01. The lowest BCUT2D eigenvalue weighted by atomic mass is 9.96. The van der Waals surface area contributed by atoms with Crippen molar-refractivity contribution in [1.29, 1.82) is 0 Å². The molecule has 2 heterocycles. The number of hydrogen-bond acceptors (Lipinski definition) is 4. The van der Waals surface area contributed by atoms with Crippen LogP contribution in [-0.4, -0.2) is 28.7 Å². The summed E-state index contributed by atoms with van der Waals surface area (Å²) in [6.45, 7) is 0.990. The van der Waals surface area contributed by atoms with Crippen molar-refractivity contribution in [2.75, 3.05) is 11.4 Å². The number of rotatable bonds is 5. The minimum Gasteiger partial charge on any atom is -0.364 e. The molecule has 2 aromatic rings. The molecule has 1 aliphatic rings. The van der Waals surface area contributed by atoms with Crippen LogP contribution in [0.4, 0.5) is 5.82 Å². The van der Waals surface area contributed by atoms with Crippen molar-refractivity contribution in [2.24, 2.45) is 5.73 Å². The van der Waals surface area contributed by atoms with Crippen LogP contribution in [0.15, 0.2) is 42.5 Å². The monoisotopic (exact) mass is 310 g/mol. The predicted octanol–water partition coefficient (Wildman–Crippen LogP) is 2.57. The van der Waals surface area contributed by atoms with E-state index in [1.54, 1.807) is 6.07 Å². The lowest BCUT2D eigenvalue weighted by Gasteiger charge is -2.36. The number of amides is 1. The standard InChI is InChI=1S/C18H22N4O/c19-18(23)16-11-12-17(21-20-16)22-13-5-4-8-15(22)10-9-14-6-2-1-3-7-14/h1-3,6-7,11-12,15H,4-5,8-10,13H2,(H2,19,23). The Bertz CT molecular complexity index is 642. The third-order valence-electron chi connectivity index (χ3n) is 4.43. The van der Waals surface area contributed by atoms with Gasteiger partial charge < -0.3 is 10.6 Å². The summed E-state index contributed by atoms with van der Waals surface area (Å²) in [5.41, 5.74) is 6.81. The fourth-order valence-corrected chi connectivity index (χ4v) is 3.19. The van der Waals surface area contributed by atoms with E-state index in [4.69, 9.17) is 5.73 Å². The number of benzene rings is 1. The maximum atomic E-state index is 11.1. The zero-order valence-electron chi connectivity index (χ0n) is 13.2. The summed E-state index contributed by atoms with van der Waals surface area (Å²) in [6, 6.07) is 14.6. The van der Waals surface area contributed by atoms with E-state index < -0.39 is 5.91 Å². The van der Waals surface area contributed by atoms with Gasteiger partial charge in [-0.1, -0.05) is 30.3 Å². The Morgan fingerprint density at radius 1 is 1.13 bits per heavy atom. The van der Waals surface area contributed by atoms with Crippen molar-refractivity contribution in [3.05, 3.63) is 53.7 Å². The SMILES string of the molecule is NC(=O)c1ccc(N2CCCCC2CCc2ccccc2)nn1. The van der Waals surface area contributed by atoms with Gasteiger partial charge in [-0.2, -0.15) is 0 Å². The Hall–Kier alpha value is -2.43. The van der Waals surface area contributed by atoms with E-state index in [1.165, 1.54) is 24.8 Å². The van der Waals surface area contributed by atoms with Gasteiger partial charge in [-0.3, -0.25) is 4.79 Å². The van der Waals surface area contributed by atoms with Crippen LogP contribution in [-0.2, 0) is 6.42 Å². The van der Waals surface area contributed by atoms with Crippen LogP contribution in [0.5, 0.6) is 0 Å². The van der Waals surface area contributed by atoms with Crippen molar-refractivity contribution in [1.82, 2.24) is 10.2 Å². The minimum absolute atomic E-state index is 0.214. The molecule has 1 fully saturated rings. The Kier molecular flexibility index (Phi) is 4.86. The number of carbonyl (C=O) groups is 1. The van der Waals surface area contributed by atoms with Gasteiger partial charge >= 0.3 is 0 Å². The maximum Gasteiger partial charge on any atom is 0.269 e. The van der Waals surface area contributed by atoms with Crippen molar-refractivity contribution < 1.29 is 4.79 Å². The summed E-state index contributed by atoms with van der Waals surface area (Å²) in [5.74, 6) is 0.302. The first-order chi connectivity index (χ1) is 11.2. The van der Waals surface area contributed by atoms with Crippen molar-refractivity contribution in [3.8, 4) is 0 Å². The predicted molar refractivity (Wildman–Crippen MR) is 90.3 cm³/mol. The molecule has 3 rings (SSSR count). The van der Waals surface area contributed by atoms with E-state index in [9.17, 15) is 4.79 Å². The smallest absolute Gasteiger partial charge is 0.269 e. The van der Waals surface area contributed by atoms with Gasteiger partial charge in [-0.15, -0.1) is 10.2 Å². The molecule has 1 atom stereocenters. The van der Waals surface area contributed by atoms with E-state index in [-0.39, 0.29) is 5.69 Å². The van der Waals surface area contributed by atoms with Crippen LogP contribution in [0, 0.1) is 0 Å². The minimum atomic E-state index is -0.539. The molecule has 1 aliphatic heterocycles. The van der Waals surface area contributed by atoms with Crippen molar-refractivity contribution in [2.45, 2.75) is 38.1 Å². The van der Waals surface area contributed by atoms with Gasteiger partial charge in [0.2, 0.25) is 0 Å². The van der Waals surface area contributed by atoms with Gasteiger partial charge in [0.25, 0.3) is 5.91 Å². The number of nitrogens with zero attached hydrogens (tertiary/aromatic N) is 3. The maximum absolute atomic E-state index is 11.1. The molecular weight excluding hydrogens is 288 g/mol. The van der Waals surface area contributed by atoms with Crippen LogP contribution < -0.4 is 10.6 Å². The Labute approximate surface area is 136 Å². The molecule has 23 heavy (non-hydrogen) atoms. The number of aromatic nitrogens is 2. The molecule has 1 amide bonds. The summed E-state index contributed by atoms with van der Waals surface area (Å²) in [5, 5.41) is 8.14. The lowest BCUT2D eigenvalue weighted by molar-refractivity contribution is 0.0994. The third-order valence-corrected chi connectivity index (χ3v) is 4.43. The van der Waals surface area contributed by atoms with E-state index in [0.29, 0.717) is 6.04 Å². The average molecular weight is 310 g/mol. The summed E-state index contributed by atoms with van der Waals surface area (Å²) in [4.78, 5) is 13.4. The first-order valence-electron chi connectivity index (χ1n) is 8.18. The van der Waals surface area contributed by atoms with E-state index in [0.717, 1.165) is 25.2 Å². The van der Waals surface area contributed by atoms with Gasteiger partial charge in [0, 0.05) is 12.6 Å². The molecule has 1 unspecified atom stereocenters. The zero-order chi connectivity index (χ0) is 16.1. The lowest BCUT2D eigenvalue weighted by Crippen LogP contribution is -2.40. The average Bonchev–Trinajstić information content (AvgIpc) is 2.61. The molecule has 1 aromatic carbocycles. The van der Waals surface area contributed by atoms with E-state index in [1.807, 2.05) is 12.1 Å². The number of anilines is 1. The Balaban J connectivity index is 1.69. The molecule has 1 aromatic heterocycles. The summed E-state index contributed by atoms with van der Waals surface area (Å²) in [6.07, 6.45) is 5.76. The molecule has 5 heteroatoms. The largest absolute Gasteiger partial charge is 0.364 e. The quantitative estimate of drug-likeness (QED) is 0.921. The van der Waals surface area contributed by atoms with Crippen LogP contribution in [0.1, 0.15) is 41.7 Å². The molecule has 120 valence electrons. The molecule has 2 N–H and O–H groups in total. The van der Waals surface area contributed by atoms with Crippen LogP contribution in [0.25, 0.3) is 0 Å². The highest BCUT2D eigenvalue weighted by Gasteiger charge is 2.23. The zero-order valence-corrected chi connectivity index (χ0v) is 13.2. The molecule has 5 nitrogen and oxygen atoms in total. The second kappa shape index (κ2) is 7.22. The van der Waals surface area contributed by atoms with Crippen LogP contribution in [0.3, 0.4) is 0 Å². The summed E-state index contributed by atoms with van der Waals surface area (Å²) < 4.78 is 0. The number of primary amides is 1. The molecular formula is C18H22N4O.